The molecule has 0 aliphatic heterocycles. The molecule has 1 aromatic carbocycles. The zero-order chi connectivity index (χ0) is 14.7. The second-order valence-corrected chi connectivity index (χ2v) is 5.41. The van der Waals surface area contributed by atoms with Gasteiger partial charge < -0.3 is 10.1 Å². The highest BCUT2D eigenvalue weighted by atomic mass is 32.2. The number of nitrogens with zero attached hydrogens (tertiary/aromatic N) is 2. The molecule has 1 aromatic heterocycles. The van der Waals surface area contributed by atoms with Gasteiger partial charge in [-0.1, -0.05) is 17.8 Å². The topological polar surface area (TPSA) is 47.0 Å². The molecule has 0 amide bonds. The fourth-order valence-electron chi connectivity index (χ4n) is 1.89. The van der Waals surface area contributed by atoms with Gasteiger partial charge in [0.15, 0.2) is 5.16 Å². The number of benzene rings is 1. The standard InChI is InChI=1S/C15H19N3OS/c1-9-6-10(2)11(3)12(7-9)19-14-8-13(16-4)17-15(18-14)20-5/h6-8H,1-5H3,(H,16,17,18). The summed E-state index contributed by atoms with van der Waals surface area (Å²) in [7, 11) is 1.83. The minimum Gasteiger partial charge on any atom is -0.439 e. The van der Waals surface area contributed by atoms with Gasteiger partial charge in [-0.05, 0) is 49.8 Å². The van der Waals surface area contributed by atoms with Crippen LogP contribution in [0.25, 0.3) is 0 Å². The third-order valence-electron chi connectivity index (χ3n) is 3.10. The van der Waals surface area contributed by atoms with E-state index in [1.807, 2.05) is 19.4 Å². The molecule has 2 aromatic rings. The van der Waals surface area contributed by atoms with Crippen LogP contribution < -0.4 is 10.1 Å². The lowest BCUT2D eigenvalue weighted by atomic mass is 10.1. The Morgan fingerprint density at radius 1 is 1.10 bits per heavy atom. The largest absolute Gasteiger partial charge is 0.439 e. The average molecular weight is 289 g/mol. The molecule has 4 nitrogen and oxygen atoms in total. The van der Waals surface area contributed by atoms with E-state index in [2.05, 4.69) is 42.1 Å². The zero-order valence-corrected chi connectivity index (χ0v) is 13.3. The average Bonchev–Trinajstić information content (AvgIpc) is 2.43. The summed E-state index contributed by atoms with van der Waals surface area (Å²) in [6, 6.07) is 5.98. The third-order valence-corrected chi connectivity index (χ3v) is 3.65. The number of aryl methyl sites for hydroxylation is 2. The van der Waals surface area contributed by atoms with Crippen molar-refractivity contribution in [1.82, 2.24) is 9.97 Å². The number of ether oxygens (including phenoxy) is 1. The molecular formula is C15H19N3OS. The van der Waals surface area contributed by atoms with Crippen LogP contribution in [0.5, 0.6) is 11.6 Å². The Balaban J connectivity index is 2.39. The summed E-state index contributed by atoms with van der Waals surface area (Å²) in [4.78, 5) is 8.72. The second-order valence-electron chi connectivity index (χ2n) is 4.64. The molecule has 0 bridgehead atoms. The molecule has 0 aliphatic rings. The normalized spacial score (nSPS) is 10.4. The SMILES string of the molecule is CNc1cc(Oc2cc(C)cc(C)c2C)nc(SC)n1. The van der Waals surface area contributed by atoms with E-state index in [1.165, 1.54) is 22.9 Å². The van der Waals surface area contributed by atoms with Crippen LogP contribution in [0.1, 0.15) is 16.7 Å². The molecule has 0 unspecified atom stereocenters. The van der Waals surface area contributed by atoms with Crippen molar-refractivity contribution in [2.45, 2.75) is 25.9 Å². The first-order valence-electron chi connectivity index (χ1n) is 6.40. The molecule has 0 saturated carbocycles. The fourth-order valence-corrected chi connectivity index (χ4v) is 2.27. The summed E-state index contributed by atoms with van der Waals surface area (Å²) in [5.74, 6) is 2.15. The molecule has 5 heteroatoms. The Kier molecular flexibility index (Phi) is 4.49. The molecule has 1 N–H and O–H groups in total. The molecule has 0 saturated heterocycles. The number of hydrogen-bond acceptors (Lipinski definition) is 5. The van der Waals surface area contributed by atoms with Gasteiger partial charge in [0, 0.05) is 13.1 Å². The monoisotopic (exact) mass is 289 g/mol. The van der Waals surface area contributed by atoms with Gasteiger partial charge in [0.05, 0.1) is 0 Å². The Morgan fingerprint density at radius 3 is 2.50 bits per heavy atom. The van der Waals surface area contributed by atoms with Crippen LogP contribution >= 0.6 is 11.8 Å². The van der Waals surface area contributed by atoms with E-state index in [9.17, 15) is 0 Å². The van der Waals surface area contributed by atoms with Gasteiger partial charge in [-0.3, -0.25) is 0 Å². The van der Waals surface area contributed by atoms with Crippen LogP contribution in [0.2, 0.25) is 0 Å². The molecule has 0 aliphatic carbocycles. The van der Waals surface area contributed by atoms with E-state index in [4.69, 9.17) is 4.74 Å². The van der Waals surface area contributed by atoms with Crippen LogP contribution in [0, 0.1) is 20.8 Å². The molecule has 2 rings (SSSR count). The molecule has 0 fully saturated rings. The number of nitrogens with one attached hydrogen (secondary N) is 1. The second kappa shape index (κ2) is 6.13. The molecule has 20 heavy (non-hydrogen) atoms. The summed E-state index contributed by atoms with van der Waals surface area (Å²) in [6.45, 7) is 6.20. The van der Waals surface area contributed by atoms with Crippen LogP contribution in [0.3, 0.4) is 0 Å². The first-order chi connectivity index (χ1) is 9.53. The van der Waals surface area contributed by atoms with Gasteiger partial charge >= 0.3 is 0 Å². The highest BCUT2D eigenvalue weighted by Crippen LogP contribution is 2.29. The quantitative estimate of drug-likeness (QED) is 0.682. The highest BCUT2D eigenvalue weighted by Gasteiger charge is 2.09. The van der Waals surface area contributed by atoms with E-state index >= 15 is 0 Å². The van der Waals surface area contributed by atoms with Gasteiger partial charge in [0.25, 0.3) is 0 Å². The third kappa shape index (κ3) is 3.22. The lowest BCUT2D eigenvalue weighted by Gasteiger charge is -2.12. The van der Waals surface area contributed by atoms with E-state index < -0.39 is 0 Å². The lowest BCUT2D eigenvalue weighted by molar-refractivity contribution is 0.452. The fraction of sp³-hybridized carbons (Fsp3) is 0.333. The number of rotatable bonds is 4. The van der Waals surface area contributed by atoms with Crippen molar-refractivity contribution in [3.05, 3.63) is 34.9 Å². The van der Waals surface area contributed by atoms with Crippen LogP contribution in [0.15, 0.2) is 23.4 Å². The molecule has 0 atom stereocenters. The van der Waals surface area contributed by atoms with Crippen molar-refractivity contribution in [2.75, 3.05) is 18.6 Å². The molecular weight excluding hydrogens is 270 g/mol. The molecule has 106 valence electrons. The van der Waals surface area contributed by atoms with Crippen LogP contribution in [-0.4, -0.2) is 23.3 Å². The number of anilines is 1. The zero-order valence-electron chi connectivity index (χ0n) is 12.4. The van der Waals surface area contributed by atoms with Crippen LogP contribution in [-0.2, 0) is 0 Å². The van der Waals surface area contributed by atoms with Gasteiger partial charge in [-0.25, -0.2) is 4.98 Å². The first-order valence-corrected chi connectivity index (χ1v) is 7.62. The van der Waals surface area contributed by atoms with Gasteiger partial charge in [-0.15, -0.1) is 0 Å². The summed E-state index contributed by atoms with van der Waals surface area (Å²) >= 11 is 1.49. The summed E-state index contributed by atoms with van der Waals surface area (Å²) < 4.78 is 5.95. The summed E-state index contributed by atoms with van der Waals surface area (Å²) in [5.41, 5.74) is 3.52. The summed E-state index contributed by atoms with van der Waals surface area (Å²) in [6.07, 6.45) is 1.95. The van der Waals surface area contributed by atoms with Gasteiger partial charge in [0.2, 0.25) is 5.88 Å². The molecule has 1 heterocycles. The minimum absolute atomic E-state index is 0.557. The maximum absolute atomic E-state index is 5.95. The maximum atomic E-state index is 5.95. The predicted octanol–water partition coefficient (Wildman–Crippen LogP) is 3.96. The Bertz CT molecular complexity index is 607. The first kappa shape index (κ1) is 14.7. The maximum Gasteiger partial charge on any atom is 0.225 e. The van der Waals surface area contributed by atoms with Crippen LogP contribution in [0.4, 0.5) is 5.82 Å². The van der Waals surface area contributed by atoms with Gasteiger partial charge in [0.1, 0.15) is 11.6 Å². The molecule has 0 spiro atoms. The van der Waals surface area contributed by atoms with Crippen molar-refractivity contribution >= 4 is 17.6 Å². The summed E-state index contributed by atoms with van der Waals surface area (Å²) in [5, 5.41) is 3.71. The van der Waals surface area contributed by atoms with Gasteiger partial charge in [-0.2, -0.15) is 4.98 Å². The number of aromatic nitrogens is 2. The predicted molar refractivity (Wildman–Crippen MR) is 84.1 cm³/mol. The van der Waals surface area contributed by atoms with Crippen molar-refractivity contribution in [3.63, 3.8) is 0 Å². The number of hydrogen-bond donors (Lipinski definition) is 1. The highest BCUT2D eigenvalue weighted by molar-refractivity contribution is 7.98. The Morgan fingerprint density at radius 2 is 1.85 bits per heavy atom. The van der Waals surface area contributed by atoms with Crippen molar-refractivity contribution < 1.29 is 4.74 Å². The van der Waals surface area contributed by atoms with E-state index in [0.717, 1.165) is 17.1 Å². The molecule has 0 radical (unpaired) electrons. The minimum atomic E-state index is 0.557. The Hall–Kier alpha value is -1.75. The smallest absolute Gasteiger partial charge is 0.225 e. The van der Waals surface area contributed by atoms with Crippen molar-refractivity contribution in [1.29, 1.82) is 0 Å². The van der Waals surface area contributed by atoms with Crippen molar-refractivity contribution in [2.24, 2.45) is 0 Å². The van der Waals surface area contributed by atoms with E-state index in [1.54, 1.807) is 6.07 Å². The van der Waals surface area contributed by atoms with Crippen molar-refractivity contribution in [3.8, 4) is 11.6 Å². The number of thioether (sulfide) groups is 1. The van der Waals surface area contributed by atoms with E-state index in [0.29, 0.717) is 11.0 Å². The lowest BCUT2D eigenvalue weighted by Crippen LogP contribution is -1.99. The van der Waals surface area contributed by atoms with E-state index in [-0.39, 0.29) is 0 Å². The Labute approximate surface area is 124 Å².